The zero-order valence-electron chi connectivity index (χ0n) is 19.8. The normalized spacial score (nSPS) is 12.9. The Morgan fingerprint density at radius 1 is 1.11 bits per heavy atom. The monoisotopic (exact) mass is 522 g/mol. The smallest absolute Gasteiger partial charge is 0.388 e. The number of carbonyl (C=O) groups excluding carboxylic acids is 1. The molecule has 3 aromatic rings. The second kappa shape index (κ2) is 10.3. The first-order valence-electron chi connectivity index (χ1n) is 10.9. The Bertz CT molecular complexity index is 1450. The Hall–Kier alpha value is -3.44. The zero-order chi connectivity index (χ0) is 26.8. The van der Waals surface area contributed by atoms with Gasteiger partial charge in [0, 0.05) is 29.7 Å². The van der Waals surface area contributed by atoms with Crippen LogP contribution in [-0.4, -0.2) is 30.3 Å². The number of amides is 1. The lowest BCUT2D eigenvalue weighted by molar-refractivity contribution is -0.137. The number of alkyl halides is 3. The summed E-state index contributed by atoms with van der Waals surface area (Å²) < 4.78 is 64.0. The second-order valence-electron chi connectivity index (χ2n) is 8.31. The fraction of sp³-hybridized carbons (Fsp3) is 0.280. The van der Waals surface area contributed by atoms with Crippen LogP contribution in [-0.2, 0) is 22.6 Å². The van der Waals surface area contributed by atoms with E-state index in [0.717, 1.165) is 29.0 Å². The number of pyridine rings is 1. The van der Waals surface area contributed by atoms with Crippen molar-refractivity contribution in [3.05, 3.63) is 92.9 Å². The van der Waals surface area contributed by atoms with Gasteiger partial charge in [-0.3, -0.25) is 14.2 Å². The molecular weight excluding hydrogens is 497 g/mol. The lowest BCUT2D eigenvalue weighted by atomic mass is 10.0. The van der Waals surface area contributed by atoms with Crippen LogP contribution in [0.5, 0.6) is 0 Å². The summed E-state index contributed by atoms with van der Waals surface area (Å²) in [4.78, 5) is 26.4. The van der Waals surface area contributed by atoms with Crippen LogP contribution < -0.4 is 10.9 Å². The van der Waals surface area contributed by atoms with E-state index < -0.39 is 39.1 Å². The highest BCUT2D eigenvalue weighted by Crippen LogP contribution is 2.31. The average molecular weight is 523 g/mol. The molecule has 1 aromatic heterocycles. The summed E-state index contributed by atoms with van der Waals surface area (Å²) in [5.74, 6) is -0.794. The molecule has 1 amide bonds. The minimum absolute atomic E-state index is 0.0363. The molecule has 1 heterocycles. The van der Waals surface area contributed by atoms with Gasteiger partial charge in [-0.05, 0) is 55.3 Å². The van der Waals surface area contributed by atoms with Crippen molar-refractivity contribution in [2.45, 2.75) is 44.0 Å². The van der Waals surface area contributed by atoms with Crippen LogP contribution in [0.3, 0.4) is 0 Å². The molecule has 1 unspecified atom stereocenters. The van der Waals surface area contributed by atoms with E-state index in [9.17, 15) is 36.3 Å². The van der Waals surface area contributed by atoms with Gasteiger partial charge in [-0.25, -0.2) is 8.42 Å². The van der Waals surface area contributed by atoms with Gasteiger partial charge in [0.05, 0.1) is 16.6 Å². The fourth-order valence-corrected chi connectivity index (χ4v) is 4.34. The maximum absolute atomic E-state index is 13.3. The first-order valence-corrected chi connectivity index (χ1v) is 12.8. The van der Waals surface area contributed by atoms with Gasteiger partial charge < -0.3 is 10.4 Å². The Balaban J connectivity index is 2.03. The largest absolute Gasteiger partial charge is 0.416 e. The quantitative estimate of drug-likeness (QED) is 0.489. The molecule has 0 aliphatic heterocycles. The molecule has 0 aliphatic carbocycles. The van der Waals surface area contributed by atoms with Gasteiger partial charge in [0.1, 0.15) is 5.56 Å². The van der Waals surface area contributed by atoms with Crippen molar-refractivity contribution in [2.24, 2.45) is 0 Å². The number of aromatic nitrogens is 1. The molecule has 7 nitrogen and oxygen atoms in total. The van der Waals surface area contributed by atoms with E-state index >= 15 is 0 Å². The van der Waals surface area contributed by atoms with E-state index in [2.05, 4.69) is 5.32 Å². The van der Waals surface area contributed by atoms with Crippen molar-refractivity contribution in [1.29, 1.82) is 0 Å². The summed E-state index contributed by atoms with van der Waals surface area (Å²) in [6, 6.07) is 11.2. The number of rotatable bonds is 7. The van der Waals surface area contributed by atoms with Crippen molar-refractivity contribution in [3.63, 3.8) is 0 Å². The molecule has 0 saturated carbocycles. The molecule has 0 spiro atoms. The summed E-state index contributed by atoms with van der Waals surface area (Å²) in [6.45, 7) is 3.13. The zero-order valence-corrected chi connectivity index (χ0v) is 20.6. The van der Waals surface area contributed by atoms with Crippen molar-refractivity contribution in [3.8, 4) is 5.69 Å². The highest BCUT2D eigenvalue weighted by Gasteiger charge is 2.31. The van der Waals surface area contributed by atoms with Crippen LogP contribution >= 0.6 is 0 Å². The van der Waals surface area contributed by atoms with Crippen LogP contribution in [0.15, 0.2) is 64.3 Å². The summed E-state index contributed by atoms with van der Waals surface area (Å²) >= 11 is 0. The third kappa shape index (κ3) is 5.85. The lowest BCUT2D eigenvalue weighted by Gasteiger charge is -2.20. The van der Waals surface area contributed by atoms with Crippen molar-refractivity contribution < 1.29 is 31.5 Å². The van der Waals surface area contributed by atoms with Gasteiger partial charge in [0.15, 0.2) is 9.84 Å². The molecular formula is C25H25F3N2O5S. The maximum Gasteiger partial charge on any atom is 0.416 e. The molecule has 3 rings (SSSR count). The van der Waals surface area contributed by atoms with E-state index in [-0.39, 0.29) is 40.4 Å². The molecule has 11 heteroatoms. The van der Waals surface area contributed by atoms with E-state index in [1.54, 1.807) is 6.92 Å². The number of nitrogens with one attached hydrogen (secondary N) is 1. The van der Waals surface area contributed by atoms with Crippen molar-refractivity contribution in [2.75, 3.05) is 6.26 Å². The van der Waals surface area contributed by atoms with E-state index in [1.165, 1.54) is 43.3 Å². The van der Waals surface area contributed by atoms with Crippen LogP contribution in [0.25, 0.3) is 5.69 Å². The number of hydrogen-bond donors (Lipinski definition) is 2. The summed E-state index contributed by atoms with van der Waals surface area (Å²) in [6.07, 6.45) is -4.38. The standard InChI is InChI=1S/C25H25F3N2O5S/c1-4-22(31)20-13-21(23(32)29-14-16-8-10-19(11-9-16)36(3,34)35)24(33)30(15(20)2)18-7-5-6-17(12-18)25(26,27)28/h5-13,22,31H,4,14H2,1-3H3,(H,29,32). The molecule has 0 radical (unpaired) electrons. The molecule has 0 aliphatic rings. The van der Waals surface area contributed by atoms with Gasteiger partial charge in [0.25, 0.3) is 11.5 Å². The molecule has 36 heavy (non-hydrogen) atoms. The van der Waals surface area contributed by atoms with Gasteiger partial charge in [-0.1, -0.05) is 25.1 Å². The van der Waals surface area contributed by atoms with Crippen LogP contribution in [0.1, 0.15) is 52.2 Å². The fourth-order valence-electron chi connectivity index (χ4n) is 3.71. The minimum atomic E-state index is -4.64. The van der Waals surface area contributed by atoms with Crippen LogP contribution in [0, 0.1) is 6.92 Å². The Morgan fingerprint density at radius 2 is 1.75 bits per heavy atom. The predicted molar refractivity (Wildman–Crippen MR) is 128 cm³/mol. The molecule has 2 aromatic carbocycles. The topological polar surface area (TPSA) is 105 Å². The predicted octanol–water partition coefficient (Wildman–Crippen LogP) is 3.94. The Labute approximate surface area is 206 Å². The van der Waals surface area contributed by atoms with Gasteiger partial charge >= 0.3 is 6.18 Å². The van der Waals surface area contributed by atoms with Crippen LogP contribution in [0.2, 0.25) is 0 Å². The summed E-state index contributed by atoms with van der Waals surface area (Å²) in [5, 5.41) is 13.1. The van der Waals surface area contributed by atoms with Crippen molar-refractivity contribution >= 4 is 15.7 Å². The number of nitrogens with zero attached hydrogens (tertiary/aromatic N) is 1. The molecule has 1 atom stereocenters. The molecule has 0 bridgehead atoms. The third-order valence-electron chi connectivity index (χ3n) is 5.71. The maximum atomic E-state index is 13.3. The number of aliphatic hydroxyl groups excluding tert-OH is 1. The van der Waals surface area contributed by atoms with Gasteiger partial charge in [-0.15, -0.1) is 0 Å². The molecule has 0 fully saturated rings. The Morgan fingerprint density at radius 3 is 2.31 bits per heavy atom. The second-order valence-corrected chi connectivity index (χ2v) is 10.3. The number of hydrogen-bond acceptors (Lipinski definition) is 5. The Kier molecular flexibility index (Phi) is 7.75. The van der Waals surface area contributed by atoms with Crippen LogP contribution in [0.4, 0.5) is 13.2 Å². The summed E-state index contributed by atoms with van der Waals surface area (Å²) in [7, 11) is -3.39. The molecule has 2 N–H and O–H groups in total. The highest BCUT2D eigenvalue weighted by atomic mass is 32.2. The third-order valence-corrected chi connectivity index (χ3v) is 6.84. The first kappa shape index (κ1) is 27.2. The first-order chi connectivity index (χ1) is 16.7. The number of benzene rings is 2. The van der Waals surface area contributed by atoms with Gasteiger partial charge in [0.2, 0.25) is 0 Å². The van der Waals surface area contributed by atoms with Gasteiger partial charge in [-0.2, -0.15) is 13.2 Å². The van der Waals surface area contributed by atoms with E-state index in [1.807, 2.05) is 0 Å². The number of aliphatic hydroxyl groups is 1. The van der Waals surface area contributed by atoms with E-state index in [4.69, 9.17) is 0 Å². The molecule has 192 valence electrons. The SMILES string of the molecule is CCC(O)c1cc(C(=O)NCc2ccc(S(C)(=O)=O)cc2)c(=O)n(-c2cccc(C(F)(F)F)c2)c1C. The number of sulfone groups is 1. The summed E-state index contributed by atoms with van der Waals surface area (Å²) in [5.41, 5.74) is -1.25. The average Bonchev–Trinajstić information content (AvgIpc) is 2.81. The number of carbonyl (C=O) groups is 1. The number of halogens is 3. The molecule has 0 saturated heterocycles. The highest BCUT2D eigenvalue weighted by molar-refractivity contribution is 7.90. The van der Waals surface area contributed by atoms with Crippen molar-refractivity contribution in [1.82, 2.24) is 9.88 Å². The lowest BCUT2D eigenvalue weighted by Crippen LogP contribution is -2.34. The minimum Gasteiger partial charge on any atom is -0.388 e. The van der Waals surface area contributed by atoms with E-state index in [0.29, 0.717) is 5.56 Å².